The van der Waals surface area contributed by atoms with E-state index in [1.165, 1.54) is 4.31 Å². The van der Waals surface area contributed by atoms with Gasteiger partial charge in [0.05, 0.1) is 19.4 Å². The summed E-state index contributed by atoms with van der Waals surface area (Å²) >= 11 is 0. The maximum Gasteiger partial charge on any atom is 0.215 e. The van der Waals surface area contributed by atoms with E-state index in [9.17, 15) is 8.42 Å². The number of aliphatic imine (C=N–C) groups is 1. The number of guanidine groups is 1. The minimum absolute atomic E-state index is 0. The number of benzene rings is 1. The Morgan fingerprint density at radius 1 is 1.26 bits per heavy atom. The van der Waals surface area contributed by atoms with Crippen LogP contribution in [-0.2, 0) is 10.0 Å². The highest BCUT2D eigenvalue weighted by molar-refractivity contribution is 14.0. The van der Waals surface area contributed by atoms with E-state index in [0.29, 0.717) is 13.1 Å². The Labute approximate surface area is 155 Å². The Kier molecular flexibility index (Phi) is 10.2. The summed E-state index contributed by atoms with van der Waals surface area (Å²) in [6, 6.07) is 7.18. The fourth-order valence-corrected chi connectivity index (χ4v) is 3.26. The Hall–Kier alpha value is -1.07. The molecule has 0 aliphatic carbocycles. The van der Waals surface area contributed by atoms with Gasteiger partial charge in [-0.1, -0.05) is 13.8 Å². The van der Waals surface area contributed by atoms with Gasteiger partial charge in [0.25, 0.3) is 0 Å². The molecule has 0 heterocycles. The van der Waals surface area contributed by atoms with Crippen molar-refractivity contribution in [1.29, 1.82) is 0 Å². The van der Waals surface area contributed by atoms with Gasteiger partial charge in [0.2, 0.25) is 10.0 Å². The SMILES string of the molecule is CCN(CC)S(=O)(=O)CCN=C(N)Nc1ccc(OC)cc1.I. The van der Waals surface area contributed by atoms with Gasteiger partial charge in [-0.15, -0.1) is 24.0 Å². The van der Waals surface area contributed by atoms with E-state index in [1.54, 1.807) is 31.4 Å². The van der Waals surface area contributed by atoms with Crippen LogP contribution in [-0.4, -0.2) is 51.2 Å². The van der Waals surface area contributed by atoms with Crippen molar-refractivity contribution >= 4 is 45.6 Å². The molecule has 132 valence electrons. The van der Waals surface area contributed by atoms with Crippen LogP contribution in [0.2, 0.25) is 0 Å². The summed E-state index contributed by atoms with van der Waals surface area (Å²) in [5, 5.41) is 2.90. The lowest BCUT2D eigenvalue weighted by Gasteiger charge is -2.17. The zero-order valence-corrected chi connectivity index (χ0v) is 16.8. The highest BCUT2D eigenvalue weighted by Gasteiger charge is 2.17. The number of hydrogen-bond donors (Lipinski definition) is 2. The van der Waals surface area contributed by atoms with E-state index in [1.807, 2.05) is 13.8 Å². The second-order valence-corrected chi connectivity index (χ2v) is 6.61. The van der Waals surface area contributed by atoms with Gasteiger partial charge < -0.3 is 15.8 Å². The zero-order valence-electron chi connectivity index (χ0n) is 13.7. The molecule has 0 spiro atoms. The number of rotatable bonds is 8. The summed E-state index contributed by atoms with van der Waals surface area (Å²) < 4.78 is 30.4. The normalized spacial score (nSPS) is 11.9. The van der Waals surface area contributed by atoms with E-state index in [-0.39, 0.29) is 42.2 Å². The molecule has 9 heteroatoms. The molecular formula is C14H25IN4O3S. The maximum absolute atomic E-state index is 12.0. The highest BCUT2D eigenvalue weighted by atomic mass is 127. The van der Waals surface area contributed by atoms with E-state index in [4.69, 9.17) is 10.5 Å². The Morgan fingerprint density at radius 3 is 2.30 bits per heavy atom. The molecule has 0 amide bonds. The number of hydrogen-bond acceptors (Lipinski definition) is 4. The molecule has 0 aromatic heterocycles. The van der Waals surface area contributed by atoms with Gasteiger partial charge >= 0.3 is 0 Å². The predicted molar refractivity (Wildman–Crippen MR) is 105 cm³/mol. The molecule has 1 rings (SSSR count). The van der Waals surface area contributed by atoms with Crippen molar-refractivity contribution in [2.24, 2.45) is 10.7 Å². The number of ether oxygens (including phenoxy) is 1. The number of nitrogens with two attached hydrogens (primary N) is 1. The molecule has 3 N–H and O–H groups in total. The van der Waals surface area contributed by atoms with Crippen molar-refractivity contribution in [3.8, 4) is 5.75 Å². The molecule has 0 saturated carbocycles. The zero-order chi connectivity index (χ0) is 16.6. The lowest BCUT2D eigenvalue weighted by Crippen LogP contribution is -2.34. The fraction of sp³-hybridized carbons (Fsp3) is 0.500. The van der Waals surface area contributed by atoms with Gasteiger partial charge in [-0.25, -0.2) is 12.7 Å². The summed E-state index contributed by atoms with van der Waals surface area (Å²) in [6.45, 7) is 4.66. The molecule has 0 radical (unpaired) electrons. The average Bonchev–Trinajstić information content (AvgIpc) is 2.48. The molecule has 0 fully saturated rings. The topological polar surface area (TPSA) is 97.0 Å². The van der Waals surface area contributed by atoms with Crippen LogP contribution in [0.25, 0.3) is 0 Å². The minimum atomic E-state index is -3.27. The van der Waals surface area contributed by atoms with Crippen LogP contribution in [0.4, 0.5) is 5.69 Å². The molecular weight excluding hydrogens is 431 g/mol. The monoisotopic (exact) mass is 456 g/mol. The first-order valence-corrected chi connectivity index (χ1v) is 8.72. The molecule has 7 nitrogen and oxygen atoms in total. The Morgan fingerprint density at radius 2 is 1.83 bits per heavy atom. The number of anilines is 1. The number of halogens is 1. The van der Waals surface area contributed by atoms with Crippen LogP contribution >= 0.6 is 24.0 Å². The smallest absolute Gasteiger partial charge is 0.215 e. The average molecular weight is 456 g/mol. The fourth-order valence-electron chi connectivity index (χ4n) is 1.89. The third kappa shape index (κ3) is 7.36. The van der Waals surface area contributed by atoms with Crippen molar-refractivity contribution in [2.45, 2.75) is 13.8 Å². The van der Waals surface area contributed by atoms with E-state index >= 15 is 0 Å². The van der Waals surface area contributed by atoms with Crippen LogP contribution in [0.3, 0.4) is 0 Å². The van der Waals surface area contributed by atoms with Crippen molar-refractivity contribution < 1.29 is 13.2 Å². The van der Waals surface area contributed by atoms with Crippen LogP contribution in [0.15, 0.2) is 29.3 Å². The standard InChI is InChI=1S/C14H24N4O3S.HI/c1-4-18(5-2)22(19,20)11-10-16-14(15)17-12-6-8-13(21-3)9-7-12;/h6-9H,4-5,10-11H2,1-3H3,(H3,15,16,17);1H. The van der Waals surface area contributed by atoms with Crippen LogP contribution < -0.4 is 15.8 Å². The molecule has 1 aromatic rings. The van der Waals surface area contributed by atoms with Gasteiger partial charge in [0, 0.05) is 18.8 Å². The third-order valence-corrected chi connectivity index (χ3v) is 5.09. The van der Waals surface area contributed by atoms with Crippen molar-refractivity contribution in [1.82, 2.24) is 4.31 Å². The molecule has 0 unspecified atom stereocenters. The molecule has 1 aromatic carbocycles. The van der Waals surface area contributed by atoms with Gasteiger partial charge in [0.15, 0.2) is 5.96 Å². The first-order valence-electron chi connectivity index (χ1n) is 7.11. The molecule has 0 bridgehead atoms. The van der Waals surface area contributed by atoms with Crippen LogP contribution in [0, 0.1) is 0 Å². The molecule has 23 heavy (non-hydrogen) atoms. The summed E-state index contributed by atoms with van der Waals surface area (Å²) in [6.07, 6.45) is 0. The minimum Gasteiger partial charge on any atom is -0.497 e. The van der Waals surface area contributed by atoms with Crippen LogP contribution in [0.5, 0.6) is 5.75 Å². The molecule has 0 aliphatic rings. The number of sulfonamides is 1. The predicted octanol–water partition coefficient (Wildman–Crippen LogP) is 1.71. The van der Waals surface area contributed by atoms with Gasteiger partial charge in [0.1, 0.15) is 5.75 Å². The number of methoxy groups -OCH3 is 1. The van der Waals surface area contributed by atoms with Crippen molar-refractivity contribution in [2.75, 3.05) is 37.8 Å². The molecule has 0 atom stereocenters. The summed E-state index contributed by atoms with van der Waals surface area (Å²) in [5.41, 5.74) is 6.50. The maximum atomic E-state index is 12.0. The van der Waals surface area contributed by atoms with Crippen molar-refractivity contribution in [3.63, 3.8) is 0 Å². The Bertz CT molecular complexity index is 587. The second kappa shape index (κ2) is 10.7. The van der Waals surface area contributed by atoms with E-state index in [2.05, 4.69) is 10.3 Å². The number of nitrogens with zero attached hydrogens (tertiary/aromatic N) is 2. The highest BCUT2D eigenvalue weighted by Crippen LogP contribution is 2.14. The summed E-state index contributed by atoms with van der Waals surface area (Å²) in [7, 11) is -1.68. The summed E-state index contributed by atoms with van der Waals surface area (Å²) in [4.78, 5) is 4.04. The quantitative estimate of drug-likeness (QED) is 0.353. The van der Waals surface area contributed by atoms with E-state index in [0.717, 1.165) is 11.4 Å². The molecule has 0 saturated heterocycles. The largest absolute Gasteiger partial charge is 0.497 e. The first-order chi connectivity index (χ1) is 10.4. The first kappa shape index (κ1) is 21.9. The third-order valence-electron chi connectivity index (χ3n) is 3.09. The summed E-state index contributed by atoms with van der Waals surface area (Å²) in [5.74, 6) is 0.867. The van der Waals surface area contributed by atoms with Crippen molar-refractivity contribution in [3.05, 3.63) is 24.3 Å². The van der Waals surface area contributed by atoms with Crippen LogP contribution in [0.1, 0.15) is 13.8 Å². The van der Waals surface area contributed by atoms with Gasteiger partial charge in [-0.3, -0.25) is 4.99 Å². The lowest BCUT2D eigenvalue weighted by atomic mass is 10.3. The molecule has 0 aliphatic heterocycles. The number of nitrogens with one attached hydrogen (secondary N) is 1. The van der Waals surface area contributed by atoms with Gasteiger partial charge in [-0.2, -0.15) is 0 Å². The van der Waals surface area contributed by atoms with Gasteiger partial charge in [-0.05, 0) is 24.3 Å². The Balaban J connectivity index is 0.00000484. The van der Waals surface area contributed by atoms with E-state index < -0.39 is 10.0 Å². The second-order valence-electron chi connectivity index (χ2n) is 4.52. The lowest BCUT2D eigenvalue weighted by molar-refractivity contribution is 0.415.